The number of thiophene rings is 1. The number of nitrogens with two attached hydrogens (primary N) is 1. The average Bonchev–Trinajstić information content (AvgIpc) is 3.24. The molecule has 3 aromatic rings. The zero-order chi connectivity index (χ0) is 18.4. The summed E-state index contributed by atoms with van der Waals surface area (Å²) in [5.74, 6) is 1.33. The van der Waals surface area contributed by atoms with Gasteiger partial charge in [0.2, 0.25) is 0 Å². The third kappa shape index (κ3) is 3.80. The summed E-state index contributed by atoms with van der Waals surface area (Å²) in [4.78, 5) is 0. The highest BCUT2D eigenvalue weighted by Crippen LogP contribution is 2.49. The van der Waals surface area contributed by atoms with Crippen LogP contribution >= 0.6 is 23.1 Å². The Morgan fingerprint density at radius 2 is 1.73 bits per heavy atom. The van der Waals surface area contributed by atoms with E-state index in [4.69, 9.17) is 10.5 Å². The molecule has 1 heterocycles. The Balaban J connectivity index is 2.16. The SMILES string of the molecule is COc1ccc(C(SC[C@H](N)CF)(c2ccccc2)c2ccsc2)cc1. The molecule has 2 atom stereocenters. The first kappa shape index (κ1) is 19.0. The maximum Gasteiger partial charge on any atom is 0.118 e. The third-order valence-corrected chi connectivity index (χ3v) is 6.73. The normalized spacial score (nSPS) is 14.6. The van der Waals surface area contributed by atoms with E-state index in [1.807, 2.05) is 30.3 Å². The fourth-order valence-electron chi connectivity index (χ4n) is 2.99. The van der Waals surface area contributed by atoms with E-state index in [1.54, 1.807) is 30.2 Å². The van der Waals surface area contributed by atoms with Gasteiger partial charge in [-0.1, -0.05) is 42.5 Å². The zero-order valence-electron chi connectivity index (χ0n) is 14.6. The number of methoxy groups -OCH3 is 1. The summed E-state index contributed by atoms with van der Waals surface area (Å²) < 4.78 is 17.9. The molecule has 0 saturated heterocycles. The molecular formula is C21H22FNOS2. The van der Waals surface area contributed by atoms with Gasteiger partial charge in [0.25, 0.3) is 0 Å². The first-order valence-corrected chi connectivity index (χ1v) is 10.3. The molecule has 2 N–H and O–H groups in total. The van der Waals surface area contributed by atoms with Gasteiger partial charge in [-0.15, -0.1) is 11.8 Å². The van der Waals surface area contributed by atoms with Gasteiger partial charge in [0.1, 0.15) is 12.4 Å². The van der Waals surface area contributed by atoms with E-state index in [0.717, 1.165) is 16.9 Å². The maximum atomic E-state index is 13.1. The topological polar surface area (TPSA) is 35.2 Å². The highest BCUT2D eigenvalue weighted by Gasteiger charge is 2.37. The number of benzene rings is 2. The van der Waals surface area contributed by atoms with E-state index < -0.39 is 17.5 Å². The lowest BCUT2D eigenvalue weighted by atomic mass is 9.85. The summed E-state index contributed by atoms with van der Waals surface area (Å²) >= 11 is 3.34. The van der Waals surface area contributed by atoms with Gasteiger partial charge in [-0.25, -0.2) is 4.39 Å². The smallest absolute Gasteiger partial charge is 0.118 e. The van der Waals surface area contributed by atoms with Crippen molar-refractivity contribution in [3.63, 3.8) is 0 Å². The number of hydrogen-bond donors (Lipinski definition) is 1. The summed E-state index contributed by atoms with van der Waals surface area (Å²) in [5.41, 5.74) is 9.37. The molecule has 1 unspecified atom stereocenters. The van der Waals surface area contributed by atoms with Crippen molar-refractivity contribution in [2.45, 2.75) is 10.8 Å². The fourth-order valence-corrected chi connectivity index (χ4v) is 5.22. The van der Waals surface area contributed by atoms with Gasteiger partial charge < -0.3 is 10.5 Å². The predicted octanol–water partition coefficient (Wildman–Crippen LogP) is 5.08. The number of thioether (sulfide) groups is 1. The lowest BCUT2D eigenvalue weighted by Gasteiger charge is -2.35. The molecule has 0 spiro atoms. The Bertz CT molecular complexity index is 793. The van der Waals surface area contributed by atoms with Crippen molar-refractivity contribution in [2.24, 2.45) is 5.73 Å². The van der Waals surface area contributed by atoms with Crippen molar-refractivity contribution >= 4 is 23.1 Å². The second kappa shape index (κ2) is 8.71. The van der Waals surface area contributed by atoms with Gasteiger partial charge >= 0.3 is 0 Å². The molecule has 0 aliphatic rings. The van der Waals surface area contributed by atoms with Crippen LogP contribution in [-0.2, 0) is 4.75 Å². The van der Waals surface area contributed by atoms with Crippen LogP contribution in [0.4, 0.5) is 4.39 Å². The monoisotopic (exact) mass is 387 g/mol. The van der Waals surface area contributed by atoms with E-state index in [0.29, 0.717) is 5.75 Å². The lowest BCUT2D eigenvalue weighted by molar-refractivity contribution is 0.414. The fraction of sp³-hybridized carbons (Fsp3) is 0.238. The Hall–Kier alpha value is -1.82. The van der Waals surface area contributed by atoms with Gasteiger partial charge in [0.05, 0.1) is 11.9 Å². The second-order valence-corrected chi connectivity index (χ2v) is 8.03. The van der Waals surface area contributed by atoms with Crippen molar-refractivity contribution in [3.05, 3.63) is 88.1 Å². The Kier molecular flexibility index (Phi) is 6.35. The number of halogens is 1. The molecule has 5 heteroatoms. The molecule has 26 heavy (non-hydrogen) atoms. The molecule has 0 bridgehead atoms. The van der Waals surface area contributed by atoms with E-state index in [-0.39, 0.29) is 0 Å². The van der Waals surface area contributed by atoms with Crippen LogP contribution in [0.2, 0.25) is 0 Å². The highest BCUT2D eigenvalue weighted by atomic mass is 32.2. The summed E-state index contributed by atoms with van der Waals surface area (Å²) in [6, 6.07) is 20.1. The Labute approximate surface area is 162 Å². The molecule has 3 rings (SSSR count). The van der Waals surface area contributed by atoms with Crippen molar-refractivity contribution in [2.75, 3.05) is 19.5 Å². The summed E-state index contributed by atoms with van der Waals surface area (Å²) in [6.07, 6.45) is 0. The first-order valence-electron chi connectivity index (χ1n) is 8.39. The van der Waals surface area contributed by atoms with Crippen LogP contribution in [0.15, 0.2) is 71.4 Å². The van der Waals surface area contributed by atoms with Crippen LogP contribution in [-0.4, -0.2) is 25.6 Å². The van der Waals surface area contributed by atoms with E-state index in [9.17, 15) is 4.39 Å². The van der Waals surface area contributed by atoms with E-state index in [2.05, 4.69) is 41.1 Å². The minimum absolute atomic E-state index is 0.444. The van der Waals surface area contributed by atoms with Gasteiger partial charge in [-0.3, -0.25) is 0 Å². The summed E-state index contributed by atoms with van der Waals surface area (Å²) in [7, 11) is 1.66. The molecule has 2 aromatic carbocycles. The standard InChI is InChI=1S/C21H22FNOS2/c1-24-20-9-7-17(8-10-20)21(18-11-12-25-14-18,26-15-19(23)13-22)16-5-3-2-4-6-16/h2-12,14,19H,13,15,23H2,1H3/t19-,21?/m1/s1. The van der Waals surface area contributed by atoms with Crippen molar-refractivity contribution < 1.29 is 9.13 Å². The molecule has 2 nitrogen and oxygen atoms in total. The van der Waals surface area contributed by atoms with Crippen LogP contribution in [0.25, 0.3) is 0 Å². The van der Waals surface area contributed by atoms with Crippen molar-refractivity contribution in [3.8, 4) is 5.75 Å². The molecule has 0 aliphatic carbocycles. The van der Waals surface area contributed by atoms with Gasteiger partial charge in [-0.2, -0.15) is 11.3 Å². The molecule has 0 amide bonds. The van der Waals surface area contributed by atoms with Crippen LogP contribution in [0.3, 0.4) is 0 Å². The molecule has 0 aliphatic heterocycles. The van der Waals surface area contributed by atoms with Crippen molar-refractivity contribution in [1.29, 1.82) is 0 Å². The average molecular weight is 388 g/mol. The third-order valence-electron chi connectivity index (χ3n) is 4.32. The number of alkyl halides is 1. The van der Waals surface area contributed by atoms with Crippen LogP contribution in [0.5, 0.6) is 5.75 Å². The molecular weight excluding hydrogens is 365 g/mol. The minimum Gasteiger partial charge on any atom is -0.497 e. The van der Waals surface area contributed by atoms with Gasteiger partial charge in [0.15, 0.2) is 0 Å². The zero-order valence-corrected chi connectivity index (χ0v) is 16.2. The lowest BCUT2D eigenvalue weighted by Crippen LogP contribution is -2.31. The molecule has 0 radical (unpaired) electrons. The Morgan fingerprint density at radius 3 is 2.31 bits per heavy atom. The first-order chi connectivity index (χ1) is 12.7. The summed E-state index contributed by atoms with van der Waals surface area (Å²) in [5, 5.41) is 4.23. The largest absolute Gasteiger partial charge is 0.497 e. The summed E-state index contributed by atoms with van der Waals surface area (Å²) in [6.45, 7) is -0.524. The number of hydrogen-bond acceptors (Lipinski definition) is 4. The van der Waals surface area contributed by atoms with Crippen LogP contribution in [0, 0.1) is 0 Å². The molecule has 136 valence electrons. The second-order valence-electron chi connectivity index (χ2n) is 6.01. The number of rotatable bonds is 8. The molecule has 0 fully saturated rings. The maximum absolute atomic E-state index is 13.1. The number of ether oxygens (including phenoxy) is 1. The highest BCUT2D eigenvalue weighted by molar-refractivity contribution is 8.00. The van der Waals surface area contributed by atoms with Gasteiger partial charge in [0, 0.05) is 11.8 Å². The molecule has 0 saturated carbocycles. The minimum atomic E-state index is -0.524. The van der Waals surface area contributed by atoms with Crippen LogP contribution < -0.4 is 10.5 Å². The molecule has 1 aromatic heterocycles. The van der Waals surface area contributed by atoms with Gasteiger partial charge in [-0.05, 0) is 45.6 Å². The Morgan fingerprint density at radius 1 is 1.04 bits per heavy atom. The van der Waals surface area contributed by atoms with Crippen LogP contribution in [0.1, 0.15) is 16.7 Å². The quantitative estimate of drug-likeness (QED) is 0.585. The van der Waals surface area contributed by atoms with E-state index >= 15 is 0 Å². The predicted molar refractivity (Wildman–Crippen MR) is 110 cm³/mol. The van der Waals surface area contributed by atoms with E-state index in [1.165, 1.54) is 5.56 Å². The van der Waals surface area contributed by atoms with Crippen molar-refractivity contribution in [1.82, 2.24) is 0 Å².